The van der Waals surface area contributed by atoms with Gasteiger partial charge in [0.1, 0.15) is 0 Å². The van der Waals surface area contributed by atoms with Crippen LogP contribution in [0, 0.1) is 0 Å². The second-order valence-corrected chi connectivity index (χ2v) is 4.82. The van der Waals surface area contributed by atoms with Gasteiger partial charge in [-0.3, -0.25) is 9.69 Å². The number of halogens is 1. The molecule has 1 aromatic carbocycles. The van der Waals surface area contributed by atoms with Crippen LogP contribution in [0.15, 0.2) is 12.1 Å². The lowest BCUT2D eigenvalue weighted by atomic mass is 10.2. The van der Waals surface area contributed by atoms with E-state index in [2.05, 4.69) is 0 Å². The van der Waals surface area contributed by atoms with Crippen molar-refractivity contribution in [3.05, 3.63) is 22.7 Å². The molecule has 104 valence electrons. The minimum Gasteiger partial charge on any atom is -0.480 e. The van der Waals surface area contributed by atoms with Gasteiger partial charge in [0.15, 0.2) is 11.5 Å². The van der Waals surface area contributed by atoms with Gasteiger partial charge in [0.25, 0.3) is 0 Å². The Hall–Kier alpha value is -1.46. The van der Waals surface area contributed by atoms with Crippen molar-refractivity contribution in [1.82, 2.24) is 4.90 Å². The van der Waals surface area contributed by atoms with Crippen LogP contribution < -0.4 is 9.47 Å². The molecule has 0 fully saturated rings. The zero-order valence-electron chi connectivity index (χ0n) is 10.7. The zero-order chi connectivity index (χ0) is 13.8. The fraction of sp³-hybridized carbons (Fsp3) is 0.462. The van der Waals surface area contributed by atoms with E-state index in [1.807, 2.05) is 17.9 Å². The number of carbonyl (C=O) groups is 1. The van der Waals surface area contributed by atoms with Gasteiger partial charge in [-0.25, -0.2) is 0 Å². The number of ether oxygens (including phenoxy) is 2. The molecular formula is C13H16ClNO4. The van der Waals surface area contributed by atoms with Crippen LogP contribution in [0.1, 0.15) is 18.9 Å². The maximum atomic E-state index is 10.8. The van der Waals surface area contributed by atoms with Crippen LogP contribution in [0.4, 0.5) is 0 Å². The Morgan fingerprint density at radius 3 is 2.95 bits per heavy atom. The molecule has 0 saturated heterocycles. The summed E-state index contributed by atoms with van der Waals surface area (Å²) in [6.07, 6.45) is 0.894. The van der Waals surface area contributed by atoms with E-state index in [-0.39, 0.29) is 13.3 Å². The molecule has 1 heterocycles. The molecule has 0 saturated carbocycles. The first-order chi connectivity index (χ1) is 9.10. The molecule has 0 aliphatic carbocycles. The standard InChI is InChI=1S/C13H16ClNO4/c1-2-3-15(7-12(16)17)6-9-4-10(14)13-11(5-9)18-8-19-13/h4-5H,2-3,6-8H2,1H3,(H,16,17). The lowest BCUT2D eigenvalue weighted by molar-refractivity contribution is -0.138. The van der Waals surface area contributed by atoms with Gasteiger partial charge >= 0.3 is 5.97 Å². The maximum Gasteiger partial charge on any atom is 0.317 e. The van der Waals surface area contributed by atoms with E-state index in [0.29, 0.717) is 23.1 Å². The van der Waals surface area contributed by atoms with Crippen LogP contribution >= 0.6 is 11.6 Å². The molecule has 5 nitrogen and oxygen atoms in total. The molecule has 0 bridgehead atoms. The van der Waals surface area contributed by atoms with Crippen molar-refractivity contribution in [1.29, 1.82) is 0 Å². The number of fused-ring (bicyclic) bond motifs is 1. The second kappa shape index (κ2) is 6.12. The van der Waals surface area contributed by atoms with Crippen LogP contribution in [0.5, 0.6) is 11.5 Å². The average Bonchev–Trinajstić information content (AvgIpc) is 2.77. The number of rotatable bonds is 6. The highest BCUT2D eigenvalue weighted by Crippen LogP contribution is 2.39. The fourth-order valence-electron chi connectivity index (χ4n) is 2.09. The number of aliphatic carboxylic acids is 1. The molecule has 1 aliphatic heterocycles. The fourth-order valence-corrected chi connectivity index (χ4v) is 2.38. The van der Waals surface area contributed by atoms with E-state index in [1.54, 1.807) is 6.07 Å². The van der Waals surface area contributed by atoms with E-state index in [9.17, 15) is 4.79 Å². The van der Waals surface area contributed by atoms with Gasteiger partial charge < -0.3 is 14.6 Å². The van der Waals surface area contributed by atoms with E-state index < -0.39 is 5.97 Å². The SMILES string of the molecule is CCCN(CC(=O)O)Cc1cc(Cl)c2c(c1)OCO2. The Morgan fingerprint density at radius 2 is 2.26 bits per heavy atom. The third-order valence-corrected chi connectivity index (χ3v) is 3.07. The minimum absolute atomic E-state index is 0.0138. The largest absolute Gasteiger partial charge is 0.480 e. The molecule has 19 heavy (non-hydrogen) atoms. The molecule has 0 atom stereocenters. The number of hydrogen-bond donors (Lipinski definition) is 1. The van der Waals surface area contributed by atoms with Crippen molar-refractivity contribution in [3.8, 4) is 11.5 Å². The summed E-state index contributed by atoms with van der Waals surface area (Å²) in [7, 11) is 0. The second-order valence-electron chi connectivity index (χ2n) is 4.42. The molecule has 6 heteroatoms. The van der Waals surface area contributed by atoms with Crippen LogP contribution in [0.2, 0.25) is 5.02 Å². The number of carboxylic acid groups (broad SMARTS) is 1. The minimum atomic E-state index is -0.833. The molecule has 1 aliphatic rings. The normalized spacial score (nSPS) is 13.0. The molecule has 2 rings (SSSR count). The number of hydrogen-bond acceptors (Lipinski definition) is 4. The van der Waals surface area contributed by atoms with Gasteiger partial charge in [-0.05, 0) is 30.7 Å². The third-order valence-electron chi connectivity index (χ3n) is 2.79. The molecule has 0 spiro atoms. The van der Waals surface area contributed by atoms with Crippen molar-refractivity contribution < 1.29 is 19.4 Å². The molecule has 0 radical (unpaired) electrons. The molecule has 0 aromatic heterocycles. The van der Waals surface area contributed by atoms with E-state index in [0.717, 1.165) is 18.5 Å². The summed E-state index contributed by atoms with van der Waals surface area (Å²) < 4.78 is 10.5. The average molecular weight is 286 g/mol. The predicted molar refractivity (Wildman–Crippen MR) is 70.8 cm³/mol. The summed E-state index contributed by atoms with van der Waals surface area (Å²) in [6, 6.07) is 3.64. The summed E-state index contributed by atoms with van der Waals surface area (Å²) in [4.78, 5) is 12.7. The molecular weight excluding hydrogens is 270 g/mol. The Labute approximate surface area is 116 Å². The van der Waals surface area contributed by atoms with E-state index in [4.69, 9.17) is 26.2 Å². The maximum absolute atomic E-state index is 10.8. The van der Waals surface area contributed by atoms with Gasteiger partial charge in [-0.1, -0.05) is 18.5 Å². The smallest absolute Gasteiger partial charge is 0.317 e. The lowest BCUT2D eigenvalue weighted by Gasteiger charge is -2.19. The molecule has 1 aromatic rings. The lowest BCUT2D eigenvalue weighted by Crippen LogP contribution is -2.30. The summed E-state index contributed by atoms with van der Waals surface area (Å²) in [5.41, 5.74) is 0.920. The van der Waals surface area contributed by atoms with Gasteiger partial charge in [-0.15, -0.1) is 0 Å². The summed E-state index contributed by atoms with van der Waals surface area (Å²) in [5.74, 6) is 0.347. The molecule has 1 N–H and O–H groups in total. The molecule has 0 unspecified atom stereocenters. The topological polar surface area (TPSA) is 59.0 Å². The number of benzene rings is 1. The van der Waals surface area contributed by atoms with Gasteiger partial charge in [0.05, 0.1) is 11.6 Å². The Morgan fingerprint density at radius 1 is 1.47 bits per heavy atom. The van der Waals surface area contributed by atoms with E-state index >= 15 is 0 Å². The Balaban J connectivity index is 2.12. The molecule has 0 amide bonds. The number of nitrogens with zero attached hydrogens (tertiary/aromatic N) is 1. The van der Waals surface area contributed by atoms with Gasteiger partial charge in [0, 0.05) is 6.54 Å². The summed E-state index contributed by atoms with van der Waals surface area (Å²) in [5, 5.41) is 9.38. The van der Waals surface area contributed by atoms with Gasteiger partial charge in [-0.2, -0.15) is 0 Å². The van der Waals surface area contributed by atoms with Crippen molar-refractivity contribution in [2.24, 2.45) is 0 Å². The van der Waals surface area contributed by atoms with Crippen molar-refractivity contribution in [2.75, 3.05) is 19.9 Å². The summed E-state index contributed by atoms with van der Waals surface area (Å²) in [6.45, 7) is 3.45. The van der Waals surface area contributed by atoms with Crippen LogP contribution in [0.3, 0.4) is 0 Å². The van der Waals surface area contributed by atoms with Crippen LogP contribution in [0.25, 0.3) is 0 Å². The summed E-state index contributed by atoms with van der Waals surface area (Å²) >= 11 is 6.10. The van der Waals surface area contributed by atoms with Crippen LogP contribution in [-0.4, -0.2) is 35.9 Å². The van der Waals surface area contributed by atoms with Crippen LogP contribution in [-0.2, 0) is 11.3 Å². The highest BCUT2D eigenvalue weighted by Gasteiger charge is 2.19. The monoisotopic (exact) mass is 285 g/mol. The van der Waals surface area contributed by atoms with Crippen molar-refractivity contribution >= 4 is 17.6 Å². The van der Waals surface area contributed by atoms with Gasteiger partial charge in [0.2, 0.25) is 6.79 Å². The third kappa shape index (κ3) is 3.52. The highest BCUT2D eigenvalue weighted by atomic mass is 35.5. The Bertz CT molecular complexity index is 478. The van der Waals surface area contributed by atoms with Crippen molar-refractivity contribution in [3.63, 3.8) is 0 Å². The number of carboxylic acids is 1. The highest BCUT2D eigenvalue weighted by molar-refractivity contribution is 6.32. The first-order valence-corrected chi connectivity index (χ1v) is 6.50. The first kappa shape index (κ1) is 14.0. The predicted octanol–water partition coefficient (Wildman–Crippen LogP) is 2.37. The van der Waals surface area contributed by atoms with Crippen molar-refractivity contribution in [2.45, 2.75) is 19.9 Å². The van der Waals surface area contributed by atoms with E-state index in [1.165, 1.54) is 0 Å². The Kier molecular flexibility index (Phi) is 4.50. The first-order valence-electron chi connectivity index (χ1n) is 6.12. The zero-order valence-corrected chi connectivity index (χ0v) is 11.4. The quantitative estimate of drug-likeness (QED) is 0.869.